The summed E-state index contributed by atoms with van der Waals surface area (Å²) >= 11 is 0. The monoisotopic (exact) mass is 447 g/mol. The molecule has 3 aromatic rings. The van der Waals surface area contributed by atoms with Crippen LogP contribution in [0.3, 0.4) is 0 Å². The van der Waals surface area contributed by atoms with Gasteiger partial charge in [-0.3, -0.25) is 35.2 Å². The summed E-state index contributed by atoms with van der Waals surface area (Å²) in [6, 6.07) is 14.7. The van der Waals surface area contributed by atoms with Crippen molar-refractivity contribution in [3.8, 4) is 11.6 Å². The van der Waals surface area contributed by atoms with Gasteiger partial charge in [-0.25, -0.2) is 9.99 Å². The Balaban J connectivity index is 1.73. The normalized spacial score (nSPS) is 14.3. The van der Waals surface area contributed by atoms with Crippen LogP contribution >= 0.6 is 0 Å². The van der Waals surface area contributed by atoms with Crippen molar-refractivity contribution in [2.75, 3.05) is 5.01 Å². The fraction of sp³-hybridized carbons (Fsp3) is 0. The Bertz CT molecular complexity index is 1310. The Morgan fingerprint density at radius 1 is 0.939 bits per heavy atom. The molecule has 1 fully saturated rings. The number of hydrogen-bond acceptors (Lipinski definition) is 8. The number of aromatic nitrogens is 1. The number of nitrogens with zero attached hydrogens (tertiary/aromatic N) is 4. The van der Waals surface area contributed by atoms with Gasteiger partial charge in [0.25, 0.3) is 17.5 Å². The Labute approximate surface area is 185 Å². The van der Waals surface area contributed by atoms with Gasteiger partial charge < -0.3 is 4.74 Å². The van der Waals surface area contributed by atoms with E-state index < -0.39 is 27.3 Å². The predicted molar refractivity (Wildman–Crippen MR) is 114 cm³/mol. The minimum absolute atomic E-state index is 0.0674. The summed E-state index contributed by atoms with van der Waals surface area (Å²) < 4.78 is 5.55. The lowest BCUT2D eigenvalue weighted by Crippen LogP contribution is -2.35. The molecule has 0 unspecified atom stereocenters. The van der Waals surface area contributed by atoms with E-state index in [2.05, 4.69) is 10.4 Å². The van der Waals surface area contributed by atoms with E-state index in [0.29, 0.717) is 5.69 Å². The van der Waals surface area contributed by atoms with Gasteiger partial charge in [-0.15, -0.1) is 0 Å². The second-order valence-electron chi connectivity index (χ2n) is 6.64. The number of para-hydroxylation sites is 2. The Kier molecular flexibility index (Phi) is 5.47. The summed E-state index contributed by atoms with van der Waals surface area (Å²) in [6.07, 6.45) is 2.11. The van der Waals surface area contributed by atoms with E-state index in [4.69, 9.17) is 4.74 Å². The molecule has 0 bridgehead atoms. The maximum Gasteiger partial charge on any atom is 0.312 e. The van der Waals surface area contributed by atoms with Crippen LogP contribution in [0, 0.1) is 20.2 Å². The maximum absolute atomic E-state index is 12.8. The molecule has 1 saturated heterocycles. The summed E-state index contributed by atoms with van der Waals surface area (Å²) in [7, 11) is 0. The van der Waals surface area contributed by atoms with Crippen LogP contribution in [0.5, 0.6) is 11.6 Å². The largest absolute Gasteiger partial charge is 0.431 e. The number of rotatable bonds is 6. The van der Waals surface area contributed by atoms with Crippen molar-refractivity contribution in [3.05, 3.63) is 98.2 Å². The van der Waals surface area contributed by atoms with E-state index >= 15 is 0 Å². The summed E-state index contributed by atoms with van der Waals surface area (Å²) in [5.41, 5.74) is 1.94. The molecule has 2 aromatic carbocycles. The number of nitrogens with one attached hydrogen (secondary N) is 1. The van der Waals surface area contributed by atoms with Gasteiger partial charge in [0.1, 0.15) is 11.8 Å². The smallest absolute Gasteiger partial charge is 0.312 e. The quantitative estimate of drug-likeness (QED) is 0.261. The maximum atomic E-state index is 12.8. The molecule has 0 atom stereocenters. The van der Waals surface area contributed by atoms with Gasteiger partial charge >= 0.3 is 5.69 Å². The second kappa shape index (κ2) is 8.55. The van der Waals surface area contributed by atoms with E-state index in [1.54, 1.807) is 30.3 Å². The molecule has 1 N–H and O–H groups in total. The SMILES string of the molecule is O=C1NN(c2ccccc2)C(=O)C1=Cc1cccc([N+](=O)[O-])c1Oc1ccc([N+](=O)[O-])cn1. The third-order valence-electron chi connectivity index (χ3n) is 4.57. The van der Waals surface area contributed by atoms with Crippen molar-refractivity contribution in [2.45, 2.75) is 0 Å². The number of nitro groups is 2. The van der Waals surface area contributed by atoms with Crippen molar-refractivity contribution < 1.29 is 24.2 Å². The zero-order chi connectivity index (χ0) is 23.5. The van der Waals surface area contributed by atoms with Crippen LogP contribution in [-0.2, 0) is 9.59 Å². The molecule has 2 amide bonds. The standard InChI is InChI=1S/C21H13N5O7/c27-20-16(21(28)24(23-20)14-6-2-1-3-7-14)11-13-5-4-8-17(26(31)32)19(13)33-18-10-9-15(12-22-18)25(29)30/h1-12H,(H,23,27). The van der Waals surface area contributed by atoms with Gasteiger partial charge in [0.15, 0.2) is 0 Å². The Hall–Kier alpha value is -5.13. The molecule has 0 saturated carbocycles. The number of benzene rings is 2. The highest BCUT2D eigenvalue weighted by Gasteiger charge is 2.35. The summed E-state index contributed by atoms with van der Waals surface area (Å²) in [5.74, 6) is -1.79. The third-order valence-corrected chi connectivity index (χ3v) is 4.57. The van der Waals surface area contributed by atoms with Crippen molar-refractivity contribution >= 4 is 35.0 Å². The second-order valence-corrected chi connectivity index (χ2v) is 6.64. The van der Waals surface area contributed by atoms with Crippen LogP contribution in [0.25, 0.3) is 6.08 Å². The molecule has 0 radical (unpaired) electrons. The molecule has 164 valence electrons. The number of anilines is 1. The van der Waals surface area contributed by atoms with Crippen molar-refractivity contribution in [2.24, 2.45) is 0 Å². The number of carbonyl (C=O) groups is 2. The molecule has 0 aliphatic carbocycles. The molecule has 1 aliphatic heterocycles. The topological polar surface area (TPSA) is 158 Å². The highest BCUT2D eigenvalue weighted by Crippen LogP contribution is 2.36. The fourth-order valence-corrected chi connectivity index (χ4v) is 3.03. The van der Waals surface area contributed by atoms with Crippen LogP contribution in [0.2, 0.25) is 0 Å². The first-order valence-electron chi connectivity index (χ1n) is 9.33. The lowest BCUT2D eigenvalue weighted by atomic mass is 10.1. The number of hydrogen-bond donors (Lipinski definition) is 1. The summed E-state index contributed by atoms with van der Waals surface area (Å²) in [5, 5.41) is 23.4. The summed E-state index contributed by atoms with van der Waals surface area (Å²) in [4.78, 5) is 50.1. The number of pyridine rings is 1. The Morgan fingerprint density at radius 2 is 1.70 bits per heavy atom. The fourth-order valence-electron chi connectivity index (χ4n) is 3.03. The lowest BCUT2D eigenvalue weighted by molar-refractivity contribution is -0.385. The predicted octanol–water partition coefficient (Wildman–Crippen LogP) is 3.15. The van der Waals surface area contributed by atoms with E-state index in [1.165, 1.54) is 30.3 Å². The van der Waals surface area contributed by atoms with E-state index in [9.17, 15) is 29.8 Å². The Morgan fingerprint density at radius 3 is 2.33 bits per heavy atom. The lowest BCUT2D eigenvalue weighted by Gasteiger charge is -2.14. The van der Waals surface area contributed by atoms with Gasteiger partial charge in [-0.1, -0.05) is 30.3 Å². The molecule has 1 aromatic heterocycles. The molecular weight excluding hydrogens is 434 g/mol. The highest BCUT2D eigenvalue weighted by molar-refractivity contribution is 6.31. The summed E-state index contributed by atoms with van der Waals surface area (Å²) in [6.45, 7) is 0. The molecular formula is C21H13N5O7. The van der Waals surface area contributed by atoms with Crippen molar-refractivity contribution in [1.29, 1.82) is 0 Å². The first-order chi connectivity index (χ1) is 15.8. The van der Waals surface area contributed by atoms with Crippen LogP contribution in [0.4, 0.5) is 17.1 Å². The van der Waals surface area contributed by atoms with Crippen LogP contribution in [0.15, 0.2) is 72.4 Å². The molecule has 1 aliphatic rings. The van der Waals surface area contributed by atoms with E-state index in [1.807, 2.05) is 0 Å². The van der Waals surface area contributed by atoms with E-state index in [0.717, 1.165) is 17.3 Å². The van der Waals surface area contributed by atoms with Gasteiger partial charge in [-0.05, 0) is 18.2 Å². The minimum atomic E-state index is -0.699. The third kappa shape index (κ3) is 4.20. The number of amides is 2. The van der Waals surface area contributed by atoms with Gasteiger partial charge in [0, 0.05) is 23.8 Å². The molecule has 0 spiro atoms. The average molecular weight is 447 g/mol. The number of nitro benzene ring substituents is 1. The van der Waals surface area contributed by atoms with Crippen molar-refractivity contribution in [1.82, 2.24) is 10.4 Å². The zero-order valence-electron chi connectivity index (χ0n) is 16.6. The minimum Gasteiger partial charge on any atom is -0.431 e. The van der Waals surface area contributed by atoms with Crippen LogP contribution < -0.4 is 15.2 Å². The van der Waals surface area contributed by atoms with Gasteiger partial charge in [0.2, 0.25) is 11.6 Å². The number of carbonyl (C=O) groups excluding carboxylic acids is 2. The first-order valence-corrected chi connectivity index (χ1v) is 9.33. The van der Waals surface area contributed by atoms with Gasteiger partial charge in [0.05, 0.1) is 15.5 Å². The van der Waals surface area contributed by atoms with Gasteiger partial charge in [-0.2, -0.15) is 0 Å². The molecule has 12 heteroatoms. The molecule has 12 nitrogen and oxygen atoms in total. The number of hydrazine groups is 1. The molecule has 4 rings (SSSR count). The average Bonchev–Trinajstić information content (AvgIpc) is 3.09. The van der Waals surface area contributed by atoms with Crippen molar-refractivity contribution in [3.63, 3.8) is 0 Å². The number of ether oxygens (including phenoxy) is 1. The zero-order valence-corrected chi connectivity index (χ0v) is 16.6. The van der Waals surface area contributed by atoms with Crippen LogP contribution in [0.1, 0.15) is 5.56 Å². The first kappa shape index (κ1) is 21.1. The van der Waals surface area contributed by atoms with Crippen LogP contribution in [-0.4, -0.2) is 26.6 Å². The van der Waals surface area contributed by atoms with E-state index in [-0.39, 0.29) is 28.5 Å². The molecule has 33 heavy (non-hydrogen) atoms. The molecule has 2 heterocycles. The highest BCUT2D eigenvalue weighted by atomic mass is 16.6.